The molecule has 0 unspecified atom stereocenters. The van der Waals surface area contributed by atoms with E-state index in [0.29, 0.717) is 19.0 Å². The van der Waals surface area contributed by atoms with Crippen LogP contribution >= 0.6 is 0 Å². The number of phenols is 1. The van der Waals surface area contributed by atoms with E-state index in [1.54, 1.807) is 0 Å². The fraction of sp³-hybridized carbons (Fsp3) is 0.455. The Hall–Kier alpha value is -0.843. The summed E-state index contributed by atoms with van der Waals surface area (Å²) in [6, 6.07) is 5.68. The molecule has 1 aromatic rings. The predicted molar refractivity (Wildman–Crippen MR) is 62.9 cm³/mol. The molecule has 1 rings (SSSR count). The van der Waals surface area contributed by atoms with E-state index in [0.717, 1.165) is 10.8 Å². The maximum Gasteiger partial charge on any atom is 0.359 e. The van der Waals surface area contributed by atoms with E-state index < -0.39 is 9.28 Å². The molecule has 0 aliphatic heterocycles. The van der Waals surface area contributed by atoms with Crippen molar-refractivity contribution in [3.05, 3.63) is 23.8 Å². The molecule has 0 heterocycles. The number of aromatic hydroxyl groups is 1. The number of hydrogen-bond donors (Lipinski definition) is 1. The Morgan fingerprint density at radius 2 is 1.80 bits per heavy atom. The quantitative estimate of drug-likeness (QED) is 0.767. The summed E-state index contributed by atoms with van der Waals surface area (Å²) in [5.74, 6) is 0.316. The molecule has 1 aromatic carbocycles. The van der Waals surface area contributed by atoms with Gasteiger partial charge < -0.3 is 14.0 Å². The van der Waals surface area contributed by atoms with Crippen molar-refractivity contribution in [1.29, 1.82) is 0 Å². The molecular formula is C11H18O3Si. The summed E-state index contributed by atoms with van der Waals surface area (Å²) in [6.45, 7) is 6.98. The standard InChI is InChI=1S/C11H18O3Si/c1-4-13-15(14-5-2)10-8-6-7-9(3)11(10)12/h6-8,12,15H,4-5H2,1-3H3. The second-order valence-electron chi connectivity index (χ2n) is 3.26. The van der Waals surface area contributed by atoms with Gasteiger partial charge in [-0.15, -0.1) is 0 Å². The molecule has 1 N–H and O–H groups in total. The largest absolute Gasteiger partial charge is 0.508 e. The SMILES string of the molecule is CCO[SiH](OCC)c1cccc(C)c1O. The van der Waals surface area contributed by atoms with Crippen LogP contribution in [-0.4, -0.2) is 27.6 Å². The van der Waals surface area contributed by atoms with E-state index in [-0.39, 0.29) is 0 Å². The van der Waals surface area contributed by atoms with Crippen LogP contribution < -0.4 is 5.19 Å². The van der Waals surface area contributed by atoms with Crippen molar-refractivity contribution >= 4 is 14.5 Å². The normalized spacial score (nSPS) is 10.9. The van der Waals surface area contributed by atoms with E-state index in [1.165, 1.54) is 0 Å². The minimum atomic E-state index is -1.91. The Bertz CT molecular complexity index is 309. The van der Waals surface area contributed by atoms with E-state index >= 15 is 0 Å². The molecular weight excluding hydrogens is 208 g/mol. The minimum absolute atomic E-state index is 0.316. The van der Waals surface area contributed by atoms with E-state index in [1.807, 2.05) is 39.0 Å². The van der Waals surface area contributed by atoms with Crippen molar-refractivity contribution < 1.29 is 14.0 Å². The molecule has 15 heavy (non-hydrogen) atoms. The fourth-order valence-corrected chi connectivity index (χ4v) is 3.18. The third kappa shape index (κ3) is 3.05. The Balaban J connectivity index is 2.94. The summed E-state index contributed by atoms with van der Waals surface area (Å²) < 4.78 is 11.1. The van der Waals surface area contributed by atoms with Gasteiger partial charge in [-0.2, -0.15) is 0 Å². The van der Waals surface area contributed by atoms with Gasteiger partial charge in [0.1, 0.15) is 5.75 Å². The maximum atomic E-state index is 9.90. The van der Waals surface area contributed by atoms with Gasteiger partial charge in [-0.05, 0) is 26.3 Å². The smallest absolute Gasteiger partial charge is 0.359 e. The second kappa shape index (κ2) is 5.90. The lowest BCUT2D eigenvalue weighted by atomic mass is 10.2. The van der Waals surface area contributed by atoms with Crippen LogP contribution in [0.15, 0.2) is 18.2 Å². The Morgan fingerprint density at radius 1 is 1.20 bits per heavy atom. The molecule has 0 saturated carbocycles. The Morgan fingerprint density at radius 3 is 2.33 bits per heavy atom. The van der Waals surface area contributed by atoms with Gasteiger partial charge in [-0.3, -0.25) is 0 Å². The highest BCUT2D eigenvalue weighted by molar-refractivity contribution is 6.62. The molecule has 84 valence electrons. The molecule has 4 heteroatoms. The van der Waals surface area contributed by atoms with Crippen molar-refractivity contribution in [2.75, 3.05) is 13.2 Å². The van der Waals surface area contributed by atoms with Gasteiger partial charge in [-0.25, -0.2) is 0 Å². The van der Waals surface area contributed by atoms with E-state index in [9.17, 15) is 5.11 Å². The molecule has 0 aromatic heterocycles. The van der Waals surface area contributed by atoms with Gasteiger partial charge in [0.25, 0.3) is 0 Å². The molecule has 0 bridgehead atoms. The second-order valence-corrected chi connectivity index (χ2v) is 5.21. The molecule has 0 aliphatic carbocycles. The first-order chi connectivity index (χ1) is 7.20. The monoisotopic (exact) mass is 226 g/mol. The first-order valence-electron chi connectivity index (χ1n) is 5.22. The third-order valence-electron chi connectivity index (χ3n) is 2.16. The van der Waals surface area contributed by atoms with Crippen LogP contribution in [0.5, 0.6) is 5.75 Å². The lowest BCUT2D eigenvalue weighted by molar-refractivity contribution is 0.224. The van der Waals surface area contributed by atoms with Crippen LogP contribution in [0, 0.1) is 6.92 Å². The average Bonchev–Trinajstić information content (AvgIpc) is 2.22. The Labute approximate surface area is 92.5 Å². The first-order valence-corrected chi connectivity index (χ1v) is 6.74. The zero-order valence-electron chi connectivity index (χ0n) is 9.49. The minimum Gasteiger partial charge on any atom is -0.508 e. The van der Waals surface area contributed by atoms with Crippen LogP contribution in [0.1, 0.15) is 19.4 Å². The molecule has 0 fully saturated rings. The number of aryl methyl sites for hydroxylation is 1. The summed E-state index contributed by atoms with van der Waals surface area (Å²) in [5.41, 5.74) is 0.865. The molecule has 0 aliphatic rings. The van der Waals surface area contributed by atoms with Gasteiger partial charge in [0, 0.05) is 18.4 Å². The summed E-state index contributed by atoms with van der Waals surface area (Å²) in [6.07, 6.45) is 0. The van der Waals surface area contributed by atoms with Gasteiger partial charge >= 0.3 is 9.28 Å². The number of phenolic OH excluding ortho intramolecular Hbond substituents is 1. The molecule has 3 nitrogen and oxygen atoms in total. The van der Waals surface area contributed by atoms with E-state index in [2.05, 4.69) is 0 Å². The molecule has 0 spiro atoms. The van der Waals surface area contributed by atoms with Crippen LogP contribution in [-0.2, 0) is 8.85 Å². The average molecular weight is 226 g/mol. The highest BCUT2D eigenvalue weighted by Crippen LogP contribution is 2.13. The highest BCUT2D eigenvalue weighted by Gasteiger charge is 2.19. The third-order valence-corrected chi connectivity index (χ3v) is 4.40. The van der Waals surface area contributed by atoms with Crippen LogP contribution in [0.3, 0.4) is 0 Å². The summed E-state index contributed by atoms with van der Waals surface area (Å²) in [7, 11) is -1.91. The molecule has 0 atom stereocenters. The number of benzene rings is 1. The zero-order valence-corrected chi connectivity index (χ0v) is 10.6. The highest BCUT2D eigenvalue weighted by atomic mass is 28.3. The van der Waals surface area contributed by atoms with Gasteiger partial charge in [-0.1, -0.05) is 18.2 Å². The van der Waals surface area contributed by atoms with Crippen molar-refractivity contribution in [2.45, 2.75) is 20.8 Å². The van der Waals surface area contributed by atoms with Crippen LogP contribution in [0.2, 0.25) is 0 Å². The van der Waals surface area contributed by atoms with Gasteiger partial charge in [0.2, 0.25) is 0 Å². The van der Waals surface area contributed by atoms with Crippen molar-refractivity contribution in [3.63, 3.8) is 0 Å². The van der Waals surface area contributed by atoms with Gasteiger partial charge in [0.15, 0.2) is 0 Å². The van der Waals surface area contributed by atoms with Gasteiger partial charge in [0.05, 0.1) is 0 Å². The summed E-state index contributed by atoms with van der Waals surface area (Å²) in [5, 5.41) is 10.7. The molecule has 0 amide bonds. The first kappa shape index (κ1) is 12.2. The predicted octanol–water partition coefficient (Wildman–Crippen LogP) is 1.20. The number of hydrogen-bond acceptors (Lipinski definition) is 3. The van der Waals surface area contributed by atoms with Crippen molar-refractivity contribution in [1.82, 2.24) is 0 Å². The lowest BCUT2D eigenvalue weighted by Gasteiger charge is -2.16. The Kier molecular flexibility index (Phi) is 4.81. The van der Waals surface area contributed by atoms with Crippen LogP contribution in [0.25, 0.3) is 0 Å². The topological polar surface area (TPSA) is 38.7 Å². The zero-order chi connectivity index (χ0) is 11.3. The summed E-state index contributed by atoms with van der Waals surface area (Å²) in [4.78, 5) is 0. The molecule has 0 saturated heterocycles. The maximum absolute atomic E-state index is 9.90. The van der Waals surface area contributed by atoms with Crippen molar-refractivity contribution in [3.8, 4) is 5.75 Å². The van der Waals surface area contributed by atoms with Crippen LogP contribution in [0.4, 0.5) is 0 Å². The van der Waals surface area contributed by atoms with E-state index in [4.69, 9.17) is 8.85 Å². The lowest BCUT2D eigenvalue weighted by Crippen LogP contribution is -2.37. The van der Waals surface area contributed by atoms with Crippen molar-refractivity contribution in [2.24, 2.45) is 0 Å². The molecule has 0 radical (unpaired) electrons. The number of rotatable bonds is 5. The summed E-state index contributed by atoms with van der Waals surface area (Å²) >= 11 is 0. The number of para-hydroxylation sites is 1. The fourth-order valence-electron chi connectivity index (χ4n) is 1.40.